The molecule has 0 fully saturated rings. The van der Waals surface area contributed by atoms with E-state index in [1.165, 1.54) is 16.4 Å². The largest absolute Gasteiger partial charge is 0.340 e. The molecule has 2 aromatic heterocycles. The van der Waals surface area contributed by atoms with Crippen LogP contribution in [-0.2, 0) is 6.54 Å². The lowest BCUT2D eigenvalue weighted by Crippen LogP contribution is -1.98. The van der Waals surface area contributed by atoms with Gasteiger partial charge in [-0.3, -0.25) is 4.79 Å². The van der Waals surface area contributed by atoms with E-state index in [0.29, 0.717) is 0 Å². The van der Waals surface area contributed by atoms with E-state index < -0.39 is 0 Å². The second kappa shape index (κ2) is 7.30. The van der Waals surface area contributed by atoms with Crippen LogP contribution < -0.4 is 0 Å². The summed E-state index contributed by atoms with van der Waals surface area (Å²) in [6.45, 7) is 3.22. The van der Waals surface area contributed by atoms with Crippen LogP contribution in [-0.4, -0.2) is 10.4 Å². The fourth-order valence-electron chi connectivity index (χ4n) is 3.40. The van der Waals surface area contributed by atoms with Gasteiger partial charge in [-0.1, -0.05) is 37.6 Å². The van der Waals surface area contributed by atoms with E-state index in [1.54, 1.807) is 17.4 Å². The van der Waals surface area contributed by atoms with Gasteiger partial charge in [0.1, 0.15) is 0 Å². The number of rotatable bonds is 6. The number of unbranched alkanes of at least 4 members (excludes halogenated alkanes) is 1. The molecule has 26 heavy (non-hydrogen) atoms. The number of fused-ring (bicyclic) bond motifs is 3. The minimum Gasteiger partial charge on any atom is -0.340 e. The average Bonchev–Trinajstić information content (AvgIpc) is 3.30. The maximum atomic E-state index is 12.6. The lowest BCUT2D eigenvalue weighted by molar-refractivity contribution is 0.104. The Hall–Kier alpha value is -2.65. The summed E-state index contributed by atoms with van der Waals surface area (Å²) in [5.41, 5.74) is 3.19. The molecule has 0 aliphatic carbocycles. The third kappa shape index (κ3) is 3.11. The Balaban J connectivity index is 1.77. The first kappa shape index (κ1) is 16.8. The molecule has 0 N–H and O–H groups in total. The quantitative estimate of drug-likeness (QED) is 0.282. The van der Waals surface area contributed by atoms with Crippen LogP contribution in [0.15, 0.2) is 66.1 Å². The zero-order chi connectivity index (χ0) is 17.9. The third-order valence-corrected chi connectivity index (χ3v) is 5.57. The van der Waals surface area contributed by atoms with Crippen molar-refractivity contribution in [2.24, 2.45) is 0 Å². The van der Waals surface area contributed by atoms with E-state index in [0.717, 1.165) is 35.2 Å². The van der Waals surface area contributed by atoms with Crippen molar-refractivity contribution in [1.29, 1.82) is 0 Å². The maximum absolute atomic E-state index is 12.6. The molecule has 0 unspecified atom stereocenters. The number of benzene rings is 2. The smallest absolute Gasteiger partial charge is 0.185 e. The van der Waals surface area contributed by atoms with Gasteiger partial charge < -0.3 is 4.57 Å². The predicted octanol–water partition coefficient (Wildman–Crippen LogP) is 6.55. The average molecular weight is 359 g/mol. The summed E-state index contributed by atoms with van der Waals surface area (Å²) in [4.78, 5) is 13.7. The van der Waals surface area contributed by atoms with Crippen LogP contribution >= 0.6 is 11.3 Å². The minimum absolute atomic E-state index is 0.0469. The first-order chi connectivity index (χ1) is 12.8. The van der Waals surface area contributed by atoms with E-state index in [9.17, 15) is 4.79 Å². The highest BCUT2D eigenvalue weighted by Crippen LogP contribution is 2.30. The van der Waals surface area contributed by atoms with E-state index in [1.807, 2.05) is 35.7 Å². The number of aryl methyl sites for hydroxylation is 1. The summed E-state index contributed by atoms with van der Waals surface area (Å²) in [6.07, 6.45) is 5.88. The number of carbonyl (C=O) groups is 1. The highest BCUT2D eigenvalue weighted by molar-refractivity contribution is 7.10. The van der Waals surface area contributed by atoms with E-state index in [2.05, 4.69) is 41.8 Å². The number of nitrogens with zero attached hydrogens (tertiary/aromatic N) is 1. The highest BCUT2D eigenvalue weighted by atomic mass is 32.1. The third-order valence-electron chi connectivity index (χ3n) is 4.73. The number of aromatic nitrogens is 1. The molecular formula is C23H21NOS. The van der Waals surface area contributed by atoms with Crippen molar-refractivity contribution in [2.75, 3.05) is 0 Å². The zero-order valence-corrected chi connectivity index (χ0v) is 15.6. The predicted molar refractivity (Wildman–Crippen MR) is 112 cm³/mol. The van der Waals surface area contributed by atoms with Gasteiger partial charge in [0.25, 0.3) is 0 Å². The molecule has 0 saturated carbocycles. The lowest BCUT2D eigenvalue weighted by atomic mass is 10.1. The number of hydrogen-bond acceptors (Lipinski definition) is 2. The van der Waals surface area contributed by atoms with E-state index in [4.69, 9.17) is 0 Å². The van der Waals surface area contributed by atoms with Crippen molar-refractivity contribution < 1.29 is 4.79 Å². The molecule has 0 radical (unpaired) electrons. The van der Waals surface area contributed by atoms with Gasteiger partial charge in [-0.15, -0.1) is 11.3 Å². The van der Waals surface area contributed by atoms with Crippen LogP contribution in [0.1, 0.15) is 35.0 Å². The zero-order valence-electron chi connectivity index (χ0n) is 14.8. The van der Waals surface area contributed by atoms with Gasteiger partial charge in [0.2, 0.25) is 0 Å². The molecule has 0 bridgehead atoms. The Morgan fingerprint density at radius 2 is 1.88 bits per heavy atom. The van der Waals surface area contributed by atoms with Gasteiger partial charge in [0.15, 0.2) is 5.78 Å². The standard InChI is InChI=1S/C23H21NOS/c1-2-3-14-24-21-9-5-4-8-19(21)20-16-17(10-12-22(20)24)23(25)13-11-18-7-6-15-26-18/h4-13,15-16H,2-3,14H2,1H3. The molecule has 0 aliphatic heterocycles. The SMILES string of the molecule is CCCCn1c2ccccc2c2cc(C(=O)C=Cc3cccs3)ccc21. The Bertz CT molecular complexity index is 1090. The molecular weight excluding hydrogens is 338 g/mol. The summed E-state index contributed by atoms with van der Waals surface area (Å²) in [5, 5.41) is 4.39. The fourth-order valence-corrected chi connectivity index (χ4v) is 4.02. The molecule has 3 heteroatoms. The van der Waals surface area contributed by atoms with Crippen molar-refractivity contribution in [1.82, 2.24) is 4.57 Å². The molecule has 0 atom stereocenters. The molecule has 2 aromatic carbocycles. The molecule has 130 valence electrons. The number of allylic oxidation sites excluding steroid dienone is 1. The Morgan fingerprint density at radius 3 is 2.69 bits per heavy atom. The fraction of sp³-hybridized carbons (Fsp3) is 0.174. The second-order valence-electron chi connectivity index (χ2n) is 6.47. The number of thiophene rings is 1. The highest BCUT2D eigenvalue weighted by Gasteiger charge is 2.12. The number of carbonyl (C=O) groups excluding carboxylic acids is 1. The summed E-state index contributed by atoms with van der Waals surface area (Å²) >= 11 is 1.63. The van der Waals surface area contributed by atoms with Crippen molar-refractivity contribution in [3.8, 4) is 0 Å². The molecule has 0 saturated heterocycles. The minimum atomic E-state index is 0.0469. The van der Waals surface area contributed by atoms with Gasteiger partial charge in [0.05, 0.1) is 0 Å². The second-order valence-corrected chi connectivity index (χ2v) is 7.45. The van der Waals surface area contributed by atoms with Gasteiger partial charge in [-0.05, 0) is 54.3 Å². The number of para-hydroxylation sites is 1. The van der Waals surface area contributed by atoms with Crippen LogP contribution in [0.4, 0.5) is 0 Å². The maximum Gasteiger partial charge on any atom is 0.185 e. The van der Waals surface area contributed by atoms with Crippen LogP contribution in [0.25, 0.3) is 27.9 Å². The first-order valence-electron chi connectivity index (χ1n) is 9.05. The van der Waals surface area contributed by atoms with Gasteiger partial charge in [0, 0.05) is 38.8 Å². The lowest BCUT2D eigenvalue weighted by Gasteiger charge is -2.06. The van der Waals surface area contributed by atoms with Crippen LogP contribution in [0.2, 0.25) is 0 Å². The Kier molecular flexibility index (Phi) is 4.72. The molecule has 2 heterocycles. The summed E-state index contributed by atoms with van der Waals surface area (Å²) < 4.78 is 2.38. The van der Waals surface area contributed by atoms with Crippen molar-refractivity contribution in [2.45, 2.75) is 26.3 Å². The van der Waals surface area contributed by atoms with Crippen LogP contribution in [0.5, 0.6) is 0 Å². The molecule has 4 aromatic rings. The Labute approximate surface area is 157 Å². The van der Waals surface area contributed by atoms with Gasteiger partial charge in [-0.2, -0.15) is 0 Å². The molecule has 2 nitrogen and oxygen atoms in total. The summed E-state index contributed by atoms with van der Waals surface area (Å²) in [5.74, 6) is 0.0469. The van der Waals surface area contributed by atoms with Crippen molar-refractivity contribution in [3.63, 3.8) is 0 Å². The summed E-state index contributed by atoms with van der Waals surface area (Å²) in [7, 11) is 0. The van der Waals surface area contributed by atoms with E-state index in [-0.39, 0.29) is 5.78 Å². The normalized spacial score (nSPS) is 11.7. The van der Waals surface area contributed by atoms with Crippen LogP contribution in [0.3, 0.4) is 0 Å². The van der Waals surface area contributed by atoms with E-state index >= 15 is 0 Å². The number of hydrogen-bond donors (Lipinski definition) is 0. The van der Waals surface area contributed by atoms with Crippen LogP contribution in [0, 0.1) is 0 Å². The molecule has 0 amide bonds. The topological polar surface area (TPSA) is 22.0 Å². The molecule has 0 spiro atoms. The van der Waals surface area contributed by atoms with Gasteiger partial charge >= 0.3 is 0 Å². The molecule has 0 aliphatic rings. The monoisotopic (exact) mass is 359 g/mol. The molecule has 4 rings (SSSR count). The van der Waals surface area contributed by atoms with Crippen molar-refractivity contribution >= 4 is 45.0 Å². The number of ketones is 1. The Morgan fingerprint density at radius 1 is 1.04 bits per heavy atom. The van der Waals surface area contributed by atoms with Gasteiger partial charge in [-0.25, -0.2) is 0 Å². The first-order valence-corrected chi connectivity index (χ1v) is 9.93. The summed E-state index contributed by atoms with van der Waals surface area (Å²) in [6, 6.07) is 18.6. The van der Waals surface area contributed by atoms with Crippen molar-refractivity contribution in [3.05, 3.63) is 76.5 Å².